The Bertz CT molecular complexity index is 1720. The molecule has 0 spiro atoms. The van der Waals surface area contributed by atoms with Crippen molar-refractivity contribution >= 4 is 43.6 Å². The van der Waals surface area contributed by atoms with E-state index in [1.54, 1.807) is 18.1 Å². The summed E-state index contributed by atoms with van der Waals surface area (Å²) in [5.41, 5.74) is 5.30. The van der Waals surface area contributed by atoms with Crippen LogP contribution in [0.2, 0.25) is 0 Å². The standard InChI is InChI=1S/C28H22N2O4S/c1-14-5-10-20-19(12-14)25(31)22-24(17-6-8-18(33-4)9-7-17)30(27(32)26(22)34-20)28-29-23-16(3)11-15(2)13-21(23)35-28/h5-13,24H,1-4H3. The Morgan fingerprint density at radius 2 is 1.74 bits per heavy atom. The number of aryl methyl sites for hydroxylation is 3. The minimum atomic E-state index is -0.661. The van der Waals surface area contributed by atoms with Gasteiger partial charge in [0.05, 0.1) is 34.3 Å². The Hall–Kier alpha value is -3.97. The summed E-state index contributed by atoms with van der Waals surface area (Å²) in [7, 11) is 1.60. The molecule has 1 unspecified atom stereocenters. The summed E-state index contributed by atoms with van der Waals surface area (Å²) in [6.07, 6.45) is 0. The smallest absolute Gasteiger partial charge is 0.297 e. The molecule has 0 bridgehead atoms. The molecule has 5 aromatic rings. The van der Waals surface area contributed by atoms with Crippen LogP contribution in [0, 0.1) is 20.8 Å². The summed E-state index contributed by atoms with van der Waals surface area (Å²) in [4.78, 5) is 34.1. The third-order valence-electron chi connectivity index (χ3n) is 6.48. The van der Waals surface area contributed by atoms with Crippen LogP contribution >= 0.6 is 11.3 Å². The van der Waals surface area contributed by atoms with Gasteiger partial charge in [-0.1, -0.05) is 41.2 Å². The zero-order valence-electron chi connectivity index (χ0n) is 19.7. The normalized spacial score (nSPS) is 15.3. The summed E-state index contributed by atoms with van der Waals surface area (Å²) >= 11 is 1.44. The van der Waals surface area contributed by atoms with Crippen molar-refractivity contribution in [1.29, 1.82) is 0 Å². The van der Waals surface area contributed by atoms with Crippen LogP contribution in [0.25, 0.3) is 21.2 Å². The predicted octanol–water partition coefficient (Wildman–Crippen LogP) is 6.09. The van der Waals surface area contributed by atoms with Gasteiger partial charge in [-0.3, -0.25) is 14.5 Å². The molecule has 0 radical (unpaired) electrons. The van der Waals surface area contributed by atoms with Gasteiger partial charge >= 0.3 is 0 Å². The number of benzene rings is 3. The number of carbonyl (C=O) groups is 1. The monoisotopic (exact) mass is 482 g/mol. The average Bonchev–Trinajstić information content (AvgIpc) is 3.39. The van der Waals surface area contributed by atoms with E-state index >= 15 is 0 Å². The minimum Gasteiger partial charge on any atom is -0.497 e. The fourth-order valence-electron chi connectivity index (χ4n) is 4.85. The molecule has 3 heterocycles. The van der Waals surface area contributed by atoms with Crippen LogP contribution in [-0.2, 0) is 0 Å². The second-order valence-electron chi connectivity index (χ2n) is 8.95. The van der Waals surface area contributed by atoms with Gasteiger partial charge in [0.25, 0.3) is 5.91 Å². The summed E-state index contributed by atoms with van der Waals surface area (Å²) in [6, 6.07) is 16.3. The number of anilines is 1. The number of methoxy groups -OCH3 is 1. The predicted molar refractivity (Wildman–Crippen MR) is 138 cm³/mol. The first kappa shape index (κ1) is 21.6. The highest BCUT2D eigenvalue weighted by molar-refractivity contribution is 7.22. The lowest BCUT2D eigenvalue weighted by Gasteiger charge is -2.22. The zero-order chi connectivity index (χ0) is 24.4. The van der Waals surface area contributed by atoms with Crippen LogP contribution in [0.3, 0.4) is 0 Å². The lowest BCUT2D eigenvalue weighted by Crippen LogP contribution is -2.29. The number of hydrogen-bond donors (Lipinski definition) is 0. The lowest BCUT2D eigenvalue weighted by molar-refractivity contribution is 0.0971. The van der Waals surface area contributed by atoms with Crippen molar-refractivity contribution in [3.8, 4) is 5.75 Å². The lowest BCUT2D eigenvalue weighted by atomic mass is 9.98. The van der Waals surface area contributed by atoms with Crippen LogP contribution in [0.15, 0.2) is 63.8 Å². The van der Waals surface area contributed by atoms with Gasteiger partial charge in [0.1, 0.15) is 11.3 Å². The third kappa shape index (κ3) is 3.26. The Morgan fingerprint density at radius 1 is 0.971 bits per heavy atom. The number of ether oxygens (including phenoxy) is 1. The molecule has 1 amide bonds. The molecule has 3 aromatic carbocycles. The maximum absolute atomic E-state index is 13.8. The summed E-state index contributed by atoms with van der Waals surface area (Å²) < 4.78 is 12.4. The van der Waals surface area contributed by atoms with Gasteiger partial charge in [0.2, 0.25) is 5.76 Å². The van der Waals surface area contributed by atoms with E-state index < -0.39 is 6.04 Å². The van der Waals surface area contributed by atoms with Crippen molar-refractivity contribution in [3.05, 3.63) is 98.4 Å². The van der Waals surface area contributed by atoms with E-state index in [0.717, 1.165) is 32.5 Å². The van der Waals surface area contributed by atoms with E-state index in [9.17, 15) is 9.59 Å². The number of hydrogen-bond acceptors (Lipinski definition) is 6. The van der Waals surface area contributed by atoms with Crippen molar-refractivity contribution in [1.82, 2.24) is 4.98 Å². The molecule has 0 saturated heterocycles. The fraction of sp³-hybridized carbons (Fsp3) is 0.179. The van der Waals surface area contributed by atoms with Crippen molar-refractivity contribution in [2.24, 2.45) is 0 Å². The minimum absolute atomic E-state index is 0.0688. The largest absolute Gasteiger partial charge is 0.497 e. The molecule has 6 rings (SSSR count). The second kappa shape index (κ2) is 7.78. The Kier molecular flexibility index (Phi) is 4.79. The average molecular weight is 483 g/mol. The molecule has 0 fully saturated rings. The molecular weight excluding hydrogens is 460 g/mol. The molecule has 1 aliphatic heterocycles. The highest BCUT2D eigenvalue weighted by atomic mass is 32.1. The van der Waals surface area contributed by atoms with Gasteiger partial charge in [0.15, 0.2) is 10.6 Å². The number of carbonyl (C=O) groups excluding carboxylic acids is 1. The van der Waals surface area contributed by atoms with Gasteiger partial charge in [-0.05, 0) is 67.8 Å². The van der Waals surface area contributed by atoms with Gasteiger partial charge < -0.3 is 9.15 Å². The fourth-order valence-corrected chi connectivity index (χ4v) is 6.02. The van der Waals surface area contributed by atoms with E-state index in [1.165, 1.54) is 11.3 Å². The molecule has 174 valence electrons. The van der Waals surface area contributed by atoms with E-state index in [1.807, 2.05) is 57.2 Å². The molecule has 0 N–H and O–H groups in total. The number of amides is 1. The second-order valence-corrected chi connectivity index (χ2v) is 9.96. The van der Waals surface area contributed by atoms with Gasteiger partial charge in [-0.25, -0.2) is 4.98 Å². The van der Waals surface area contributed by atoms with Crippen LogP contribution in [0.5, 0.6) is 5.75 Å². The van der Waals surface area contributed by atoms with E-state index in [4.69, 9.17) is 14.1 Å². The molecule has 1 atom stereocenters. The summed E-state index contributed by atoms with van der Waals surface area (Å²) in [6.45, 7) is 5.98. The zero-order valence-corrected chi connectivity index (χ0v) is 20.5. The molecular formula is C28H22N2O4S. The third-order valence-corrected chi connectivity index (χ3v) is 7.48. The van der Waals surface area contributed by atoms with E-state index in [2.05, 4.69) is 12.1 Å². The van der Waals surface area contributed by atoms with Crippen molar-refractivity contribution in [2.45, 2.75) is 26.8 Å². The Balaban J connectivity index is 1.63. The molecule has 1 aliphatic rings. The topological polar surface area (TPSA) is 72.6 Å². The summed E-state index contributed by atoms with van der Waals surface area (Å²) in [5, 5.41) is 0.998. The first-order valence-electron chi connectivity index (χ1n) is 11.3. The van der Waals surface area contributed by atoms with Crippen molar-refractivity contribution in [3.63, 3.8) is 0 Å². The maximum Gasteiger partial charge on any atom is 0.297 e. The van der Waals surface area contributed by atoms with Gasteiger partial charge in [-0.15, -0.1) is 0 Å². The van der Waals surface area contributed by atoms with Crippen molar-refractivity contribution < 1.29 is 13.9 Å². The molecule has 6 nitrogen and oxygen atoms in total. The highest BCUT2D eigenvalue weighted by Crippen LogP contribution is 2.44. The Labute approximate surface area is 205 Å². The maximum atomic E-state index is 13.8. The number of nitrogens with zero attached hydrogens (tertiary/aromatic N) is 2. The van der Waals surface area contributed by atoms with Crippen LogP contribution in [0.4, 0.5) is 5.13 Å². The first-order chi connectivity index (χ1) is 16.9. The molecule has 2 aromatic heterocycles. The van der Waals surface area contributed by atoms with Crippen LogP contribution < -0.4 is 15.1 Å². The molecule has 0 aliphatic carbocycles. The van der Waals surface area contributed by atoms with Crippen LogP contribution in [0.1, 0.15) is 44.4 Å². The van der Waals surface area contributed by atoms with Gasteiger partial charge in [0, 0.05) is 0 Å². The Morgan fingerprint density at radius 3 is 2.49 bits per heavy atom. The molecule has 0 saturated carbocycles. The number of fused-ring (bicyclic) bond motifs is 3. The van der Waals surface area contributed by atoms with Crippen LogP contribution in [-0.4, -0.2) is 18.0 Å². The van der Waals surface area contributed by atoms with Crippen molar-refractivity contribution in [2.75, 3.05) is 12.0 Å². The summed E-state index contributed by atoms with van der Waals surface area (Å²) in [5.74, 6) is 0.394. The number of aromatic nitrogens is 1. The number of thiazole rings is 1. The van der Waals surface area contributed by atoms with E-state index in [-0.39, 0.29) is 17.1 Å². The number of rotatable bonds is 3. The van der Waals surface area contributed by atoms with E-state index in [0.29, 0.717) is 27.4 Å². The van der Waals surface area contributed by atoms with Gasteiger partial charge in [-0.2, -0.15) is 0 Å². The molecule has 7 heteroatoms. The SMILES string of the molecule is COc1ccc(C2c3c(oc4ccc(C)cc4c3=O)C(=O)N2c2nc3c(C)cc(C)cc3s2)cc1. The molecule has 35 heavy (non-hydrogen) atoms. The first-order valence-corrected chi connectivity index (χ1v) is 12.1. The quantitative estimate of drug-likeness (QED) is 0.311. The highest BCUT2D eigenvalue weighted by Gasteiger charge is 2.45.